The fourth-order valence-electron chi connectivity index (χ4n) is 1.17. The zero-order chi connectivity index (χ0) is 12.0. The summed E-state index contributed by atoms with van der Waals surface area (Å²) < 4.78 is 0. The SMILES string of the molecule is CC(C)CCN(C)C(=O)CC(N)C(C)C. The Hall–Kier alpha value is -0.570. The monoisotopic (exact) mass is 214 g/mol. The summed E-state index contributed by atoms with van der Waals surface area (Å²) in [6, 6.07) is -0.0148. The van der Waals surface area contributed by atoms with Crippen molar-refractivity contribution >= 4 is 5.91 Å². The molecule has 0 saturated heterocycles. The zero-order valence-electron chi connectivity index (χ0n) is 10.8. The molecule has 0 rings (SSSR count). The summed E-state index contributed by atoms with van der Waals surface area (Å²) in [5.41, 5.74) is 5.86. The number of hydrogen-bond donors (Lipinski definition) is 1. The Morgan fingerprint density at radius 2 is 1.80 bits per heavy atom. The van der Waals surface area contributed by atoms with Gasteiger partial charge in [0.2, 0.25) is 5.91 Å². The maximum Gasteiger partial charge on any atom is 0.223 e. The largest absolute Gasteiger partial charge is 0.346 e. The van der Waals surface area contributed by atoms with Gasteiger partial charge in [-0.1, -0.05) is 27.7 Å². The van der Waals surface area contributed by atoms with Crippen LogP contribution in [0.4, 0.5) is 0 Å². The molecule has 0 aliphatic carbocycles. The first-order valence-corrected chi connectivity index (χ1v) is 5.84. The Bertz CT molecular complexity index is 190. The van der Waals surface area contributed by atoms with Gasteiger partial charge in [0.1, 0.15) is 0 Å². The van der Waals surface area contributed by atoms with Crippen molar-refractivity contribution < 1.29 is 4.79 Å². The van der Waals surface area contributed by atoms with E-state index in [1.54, 1.807) is 4.90 Å². The number of hydrogen-bond acceptors (Lipinski definition) is 2. The minimum absolute atomic E-state index is 0.0148. The topological polar surface area (TPSA) is 46.3 Å². The van der Waals surface area contributed by atoms with Crippen molar-refractivity contribution in [2.24, 2.45) is 17.6 Å². The molecule has 0 aliphatic rings. The molecule has 90 valence electrons. The average molecular weight is 214 g/mol. The number of carbonyl (C=O) groups excluding carboxylic acids is 1. The Labute approximate surface area is 94.0 Å². The van der Waals surface area contributed by atoms with E-state index in [1.807, 2.05) is 20.9 Å². The third-order valence-electron chi connectivity index (χ3n) is 2.73. The van der Waals surface area contributed by atoms with Crippen molar-refractivity contribution in [3.8, 4) is 0 Å². The lowest BCUT2D eigenvalue weighted by Gasteiger charge is -2.22. The van der Waals surface area contributed by atoms with Gasteiger partial charge in [0, 0.05) is 26.1 Å². The predicted octanol–water partition coefficient (Wildman–Crippen LogP) is 1.86. The fourth-order valence-corrected chi connectivity index (χ4v) is 1.17. The zero-order valence-corrected chi connectivity index (χ0v) is 10.8. The first-order chi connectivity index (χ1) is 6.84. The highest BCUT2D eigenvalue weighted by Gasteiger charge is 2.16. The highest BCUT2D eigenvalue weighted by atomic mass is 16.2. The molecule has 15 heavy (non-hydrogen) atoms. The second kappa shape index (κ2) is 6.83. The lowest BCUT2D eigenvalue weighted by molar-refractivity contribution is -0.130. The van der Waals surface area contributed by atoms with E-state index < -0.39 is 0 Å². The minimum atomic E-state index is -0.0148. The molecule has 0 aromatic rings. The van der Waals surface area contributed by atoms with Gasteiger partial charge < -0.3 is 10.6 Å². The quantitative estimate of drug-likeness (QED) is 0.733. The van der Waals surface area contributed by atoms with Gasteiger partial charge in [-0.3, -0.25) is 4.79 Å². The Morgan fingerprint density at radius 1 is 1.27 bits per heavy atom. The number of amides is 1. The van der Waals surface area contributed by atoms with E-state index in [4.69, 9.17) is 5.73 Å². The van der Waals surface area contributed by atoms with Crippen LogP contribution in [0.15, 0.2) is 0 Å². The molecule has 0 aliphatic heterocycles. The van der Waals surface area contributed by atoms with Crippen LogP contribution in [0.5, 0.6) is 0 Å². The van der Waals surface area contributed by atoms with Crippen molar-refractivity contribution in [2.75, 3.05) is 13.6 Å². The number of nitrogens with zero attached hydrogens (tertiary/aromatic N) is 1. The first-order valence-electron chi connectivity index (χ1n) is 5.84. The third kappa shape index (κ3) is 6.50. The predicted molar refractivity (Wildman–Crippen MR) is 64.5 cm³/mol. The second-order valence-corrected chi connectivity index (χ2v) is 5.11. The Kier molecular flexibility index (Phi) is 6.57. The molecule has 0 radical (unpaired) electrons. The van der Waals surface area contributed by atoms with Crippen molar-refractivity contribution in [1.82, 2.24) is 4.90 Å². The highest BCUT2D eigenvalue weighted by Crippen LogP contribution is 2.06. The number of nitrogens with two attached hydrogens (primary N) is 1. The normalized spacial score (nSPS) is 13.3. The smallest absolute Gasteiger partial charge is 0.223 e. The fraction of sp³-hybridized carbons (Fsp3) is 0.917. The number of rotatable bonds is 6. The molecular formula is C12H26N2O. The molecule has 0 heterocycles. The third-order valence-corrected chi connectivity index (χ3v) is 2.73. The van der Waals surface area contributed by atoms with E-state index in [-0.39, 0.29) is 11.9 Å². The van der Waals surface area contributed by atoms with Crippen LogP contribution in [-0.2, 0) is 4.79 Å². The van der Waals surface area contributed by atoms with E-state index in [0.29, 0.717) is 18.3 Å². The van der Waals surface area contributed by atoms with Crippen molar-refractivity contribution in [3.63, 3.8) is 0 Å². The minimum Gasteiger partial charge on any atom is -0.346 e. The molecule has 0 spiro atoms. The molecule has 0 aromatic carbocycles. The second-order valence-electron chi connectivity index (χ2n) is 5.11. The van der Waals surface area contributed by atoms with Gasteiger partial charge in [-0.05, 0) is 18.3 Å². The Morgan fingerprint density at radius 3 is 2.20 bits per heavy atom. The summed E-state index contributed by atoms with van der Waals surface area (Å²) >= 11 is 0. The first kappa shape index (κ1) is 14.4. The lowest BCUT2D eigenvalue weighted by Crippen LogP contribution is -2.36. The van der Waals surface area contributed by atoms with Crippen LogP contribution in [0.2, 0.25) is 0 Å². The summed E-state index contributed by atoms with van der Waals surface area (Å²) in [4.78, 5) is 13.5. The van der Waals surface area contributed by atoms with Gasteiger partial charge in [-0.2, -0.15) is 0 Å². The standard InChI is InChI=1S/C12H26N2O/c1-9(2)6-7-14(5)12(15)8-11(13)10(3)4/h9-11H,6-8,13H2,1-5H3. The van der Waals surface area contributed by atoms with Crippen molar-refractivity contribution in [1.29, 1.82) is 0 Å². The van der Waals surface area contributed by atoms with Crippen LogP contribution >= 0.6 is 0 Å². The summed E-state index contributed by atoms with van der Waals surface area (Å²) in [7, 11) is 1.86. The summed E-state index contributed by atoms with van der Waals surface area (Å²) in [5.74, 6) is 1.17. The molecule has 1 amide bonds. The summed E-state index contributed by atoms with van der Waals surface area (Å²) in [6.45, 7) is 9.26. The van der Waals surface area contributed by atoms with Crippen LogP contribution in [0.25, 0.3) is 0 Å². The van der Waals surface area contributed by atoms with Gasteiger partial charge >= 0.3 is 0 Å². The van der Waals surface area contributed by atoms with Gasteiger partial charge in [0.05, 0.1) is 0 Å². The molecule has 0 fully saturated rings. The van der Waals surface area contributed by atoms with Gasteiger partial charge in [-0.25, -0.2) is 0 Å². The molecule has 3 heteroatoms. The number of carbonyl (C=O) groups is 1. The van der Waals surface area contributed by atoms with Crippen LogP contribution in [0, 0.1) is 11.8 Å². The van der Waals surface area contributed by atoms with Gasteiger partial charge in [0.25, 0.3) is 0 Å². The molecule has 3 nitrogen and oxygen atoms in total. The van der Waals surface area contributed by atoms with E-state index in [2.05, 4.69) is 13.8 Å². The molecule has 2 N–H and O–H groups in total. The van der Waals surface area contributed by atoms with E-state index in [1.165, 1.54) is 0 Å². The molecule has 0 saturated carbocycles. The van der Waals surface area contributed by atoms with Crippen LogP contribution in [-0.4, -0.2) is 30.4 Å². The van der Waals surface area contributed by atoms with Crippen molar-refractivity contribution in [2.45, 2.75) is 46.6 Å². The molecule has 0 aromatic heterocycles. The molecule has 1 atom stereocenters. The van der Waals surface area contributed by atoms with E-state index >= 15 is 0 Å². The molecular weight excluding hydrogens is 188 g/mol. The van der Waals surface area contributed by atoms with Crippen LogP contribution < -0.4 is 5.73 Å². The average Bonchev–Trinajstić information content (AvgIpc) is 2.13. The van der Waals surface area contributed by atoms with Crippen LogP contribution in [0.3, 0.4) is 0 Å². The maximum absolute atomic E-state index is 11.7. The van der Waals surface area contributed by atoms with Gasteiger partial charge in [-0.15, -0.1) is 0 Å². The molecule has 1 unspecified atom stereocenters. The molecule has 0 bridgehead atoms. The Balaban J connectivity index is 3.88. The van der Waals surface area contributed by atoms with Crippen molar-refractivity contribution in [3.05, 3.63) is 0 Å². The maximum atomic E-state index is 11.7. The summed E-state index contributed by atoms with van der Waals surface area (Å²) in [6.07, 6.45) is 1.52. The highest BCUT2D eigenvalue weighted by molar-refractivity contribution is 5.76. The summed E-state index contributed by atoms with van der Waals surface area (Å²) in [5, 5.41) is 0. The van der Waals surface area contributed by atoms with Gasteiger partial charge in [0.15, 0.2) is 0 Å². The lowest BCUT2D eigenvalue weighted by atomic mass is 10.0. The van der Waals surface area contributed by atoms with E-state index in [0.717, 1.165) is 13.0 Å². The van der Waals surface area contributed by atoms with E-state index in [9.17, 15) is 4.79 Å². The van der Waals surface area contributed by atoms with Crippen LogP contribution in [0.1, 0.15) is 40.5 Å².